The van der Waals surface area contributed by atoms with Crippen molar-refractivity contribution in [2.75, 3.05) is 13.7 Å². The zero-order chi connectivity index (χ0) is 15.2. The Balaban J connectivity index is 2.26. The van der Waals surface area contributed by atoms with E-state index in [-0.39, 0.29) is 5.82 Å². The van der Waals surface area contributed by atoms with Gasteiger partial charge >= 0.3 is 0 Å². The van der Waals surface area contributed by atoms with Gasteiger partial charge in [-0.2, -0.15) is 0 Å². The van der Waals surface area contributed by atoms with Gasteiger partial charge in [0.2, 0.25) is 0 Å². The van der Waals surface area contributed by atoms with E-state index in [1.807, 2.05) is 0 Å². The SMILES string of the molecule is CCCNCc1sc(-c2ccc(F)c(Br)c2)nc1COC. The lowest BCUT2D eigenvalue weighted by atomic mass is 10.2. The monoisotopic (exact) mass is 372 g/mol. The first-order valence-electron chi connectivity index (χ1n) is 6.79. The van der Waals surface area contributed by atoms with Crippen LogP contribution in [0.1, 0.15) is 23.9 Å². The maximum absolute atomic E-state index is 13.3. The van der Waals surface area contributed by atoms with Crippen molar-refractivity contribution in [3.63, 3.8) is 0 Å². The van der Waals surface area contributed by atoms with Gasteiger partial charge in [0.25, 0.3) is 0 Å². The van der Waals surface area contributed by atoms with Crippen LogP contribution in [0.3, 0.4) is 0 Å². The van der Waals surface area contributed by atoms with Crippen LogP contribution in [0.4, 0.5) is 4.39 Å². The molecule has 6 heteroatoms. The molecule has 0 saturated carbocycles. The second kappa shape index (κ2) is 7.98. The van der Waals surface area contributed by atoms with Crippen molar-refractivity contribution in [1.82, 2.24) is 10.3 Å². The lowest BCUT2D eigenvalue weighted by molar-refractivity contribution is 0.181. The van der Waals surface area contributed by atoms with Crippen molar-refractivity contribution in [1.29, 1.82) is 0 Å². The molecule has 1 aromatic carbocycles. The standard InChI is InChI=1S/C15H18BrFN2OS/c1-3-6-18-8-14-13(9-20-2)19-15(21-14)10-4-5-12(17)11(16)7-10/h4-5,7,18H,3,6,8-9H2,1-2H3. The minimum absolute atomic E-state index is 0.266. The van der Waals surface area contributed by atoms with Gasteiger partial charge in [-0.1, -0.05) is 6.92 Å². The fourth-order valence-electron chi connectivity index (χ4n) is 1.90. The largest absolute Gasteiger partial charge is 0.378 e. The number of nitrogens with zero attached hydrogens (tertiary/aromatic N) is 1. The Hall–Kier alpha value is -0.820. The summed E-state index contributed by atoms with van der Waals surface area (Å²) in [7, 11) is 1.66. The Morgan fingerprint density at radius 1 is 1.43 bits per heavy atom. The number of ether oxygens (including phenoxy) is 1. The molecule has 0 amide bonds. The quantitative estimate of drug-likeness (QED) is 0.733. The topological polar surface area (TPSA) is 34.2 Å². The van der Waals surface area contributed by atoms with Gasteiger partial charge in [0.15, 0.2) is 0 Å². The summed E-state index contributed by atoms with van der Waals surface area (Å²) in [6.45, 7) is 4.38. The van der Waals surface area contributed by atoms with E-state index in [2.05, 4.69) is 33.2 Å². The van der Waals surface area contributed by atoms with Crippen LogP contribution in [0.25, 0.3) is 10.6 Å². The Morgan fingerprint density at radius 3 is 2.90 bits per heavy atom. The van der Waals surface area contributed by atoms with E-state index in [0.29, 0.717) is 11.1 Å². The van der Waals surface area contributed by atoms with Gasteiger partial charge in [-0.05, 0) is 47.1 Å². The predicted octanol–water partition coefficient (Wildman–Crippen LogP) is 4.36. The summed E-state index contributed by atoms with van der Waals surface area (Å²) >= 11 is 4.84. The first-order valence-corrected chi connectivity index (χ1v) is 8.40. The highest BCUT2D eigenvalue weighted by molar-refractivity contribution is 9.10. The predicted molar refractivity (Wildman–Crippen MR) is 87.9 cm³/mol. The van der Waals surface area contributed by atoms with E-state index in [1.54, 1.807) is 30.6 Å². The van der Waals surface area contributed by atoms with E-state index in [1.165, 1.54) is 10.9 Å². The normalized spacial score (nSPS) is 11.0. The van der Waals surface area contributed by atoms with Crippen LogP contribution in [-0.4, -0.2) is 18.6 Å². The highest BCUT2D eigenvalue weighted by atomic mass is 79.9. The van der Waals surface area contributed by atoms with Gasteiger partial charge in [0, 0.05) is 24.1 Å². The summed E-state index contributed by atoms with van der Waals surface area (Å²) in [5.74, 6) is -0.266. The maximum Gasteiger partial charge on any atom is 0.137 e. The van der Waals surface area contributed by atoms with Crippen molar-refractivity contribution in [2.24, 2.45) is 0 Å². The summed E-state index contributed by atoms with van der Waals surface area (Å²) in [5.41, 5.74) is 1.86. The molecule has 114 valence electrons. The molecular formula is C15H18BrFN2OS. The fraction of sp³-hybridized carbons (Fsp3) is 0.400. The maximum atomic E-state index is 13.3. The molecule has 0 aliphatic carbocycles. The van der Waals surface area contributed by atoms with Crippen molar-refractivity contribution in [2.45, 2.75) is 26.5 Å². The Kier molecular flexibility index (Phi) is 6.29. The fourth-order valence-corrected chi connectivity index (χ4v) is 3.31. The number of hydrogen-bond acceptors (Lipinski definition) is 4. The molecule has 0 fully saturated rings. The van der Waals surface area contributed by atoms with Gasteiger partial charge in [-0.3, -0.25) is 0 Å². The number of methoxy groups -OCH3 is 1. The average molecular weight is 373 g/mol. The third kappa shape index (κ3) is 4.32. The molecule has 21 heavy (non-hydrogen) atoms. The number of halogens is 2. The van der Waals surface area contributed by atoms with Crippen molar-refractivity contribution < 1.29 is 9.13 Å². The molecule has 1 aromatic heterocycles. The zero-order valence-electron chi connectivity index (χ0n) is 12.1. The molecule has 0 saturated heterocycles. The van der Waals surface area contributed by atoms with Crippen molar-refractivity contribution in [3.05, 3.63) is 39.1 Å². The van der Waals surface area contributed by atoms with Crippen molar-refractivity contribution in [3.8, 4) is 10.6 Å². The van der Waals surface area contributed by atoms with Crippen LogP contribution in [-0.2, 0) is 17.9 Å². The van der Waals surface area contributed by atoms with Gasteiger partial charge in [0.05, 0.1) is 16.8 Å². The van der Waals surface area contributed by atoms with E-state index in [4.69, 9.17) is 4.74 Å². The lowest BCUT2D eigenvalue weighted by Gasteiger charge is -2.02. The van der Waals surface area contributed by atoms with Crippen LogP contribution in [0.5, 0.6) is 0 Å². The van der Waals surface area contributed by atoms with Crippen LogP contribution in [0, 0.1) is 5.82 Å². The highest BCUT2D eigenvalue weighted by Crippen LogP contribution is 2.31. The molecule has 0 aliphatic rings. The number of benzene rings is 1. The van der Waals surface area contributed by atoms with Gasteiger partial charge in [0.1, 0.15) is 10.8 Å². The van der Waals surface area contributed by atoms with Crippen LogP contribution < -0.4 is 5.32 Å². The second-order valence-electron chi connectivity index (χ2n) is 4.63. The first kappa shape index (κ1) is 16.5. The number of aromatic nitrogens is 1. The molecular weight excluding hydrogens is 355 g/mol. The van der Waals surface area contributed by atoms with Gasteiger partial charge in [-0.15, -0.1) is 11.3 Å². The molecule has 2 aromatic rings. The van der Waals surface area contributed by atoms with E-state index >= 15 is 0 Å². The second-order valence-corrected chi connectivity index (χ2v) is 6.57. The third-order valence-electron chi connectivity index (χ3n) is 2.94. The lowest BCUT2D eigenvalue weighted by Crippen LogP contribution is -2.14. The average Bonchev–Trinajstić information content (AvgIpc) is 2.86. The van der Waals surface area contributed by atoms with Crippen LogP contribution in [0.15, 0.2) is 22.7 Å². The minimum atomic E-state index is -0.266. The summed E-state index contributed by atoms with van der Waals surface area (Å²) in [4.78, 5) is 5.80. The molecule has 0 atom stereocenters. The number of rotatable bonds is 7. The van der Waals surface area contributed by atoms with Crippen LogP contribution >= 0.6 is 27.3 Å². The molecule has 2 rings (SSSR count). The molecule has 0 spiro atoms. The third-order valence-corrected chi connectivity index (χ3v) is 4.69. The minimum Gasteiger partial charge on any atom is -0.378 e. The molecule has 1 N–H and O–H groups in total. The smallest absolute Gasteiger partial charge is 0.137 e. The van der Waals surface area contributed by atoms with Crippen LogP contribution in [0.2, 0.25) is 0 Å². The molecule has 0 bridgehead atoms. The molecule has 3 nitrogen and oxygen atoms in total. The van der Waals surface area contributed by atoms with Gasteiger partial charge in [-0.25, -0.2) is 9.37 Å². The molecule has 0 unspecified atom stereocenters. The highest BCUT2D eigenvalue weighted by Gasteiger charge is 2.13. The zero-order valence-corrected chi connectivity index (χ0v) is 14.5. The van der Waals surface area contributed by atoms with E-state index < -0.39 is 0 Å². The molecule has 0 aliphatic heterocycles. The van der Waals surface area contributed by atoms with E-state index in [0.717, 1.165) is 35.8 Å². The summed E-state index contributed by atoms with van der Waals surface area (Å²) < 4.78 is 19.0. The number of hydrogen-bond donors (Lipinski definition) is 1. The first-order chi connectivity index (χ1) is 10.2. The summed E-state index contributed by atoms with van der Waals surface area (Å²) in [6.07, 6.45) is 1.09. The Morgan fingerprint density at radius 2 is 2.24 bits per heavy atom. The Bertz CT molecular complexity index is 603. The number of nitrogens with one attached hydrogen (secondary N) is 1. The van der Waals surface area contributed by atoms with Crippen molar-refractivity contribution >= 4 is 27.3 Å². The summed E-state index contributed by atoms with van der Waals surface area (Å²) in [6, 6.07) is 4.96. The van der Waals surface area contributed by atoms with Gasteiger partial charge < -0.3 is 10.1 Å². The molecule has 0 radical (unpaired) electrons. The Labute approximate surface area is 136 Å². The molecule has 1 heterocycles. The van der Waals surface area contributed by atoms with E-state index in [9.17, 15) is 4.39 Å². The number of thiazole rings is 1. The summed E-state index contributed by atoms with van der Waals surface area (Å²) in [5, 5.41) is 4.27.